The van der Waals surface area contributed by atoms with E-state index in [9.17, 15) is 4.79 Å². The molecule has 0 radical (unpaired) electrons. The maximum atomic E-state index is 11.0. The van der Waals surface area contributed by atoms with Crippen LogP contribution in [0.15, 0.2) is 30.3 Å². The van der Waals surface area contributed by atoms with Gasteiger partial charge >= 0.3 is 5.97 Å². The van der Waals surface area contributed by atoms with Crippen molar-refractivity contribution in [1.82, 2.24) is 0 Å². The van der Waals surface area contributed by atoms with Crippen LogP contribution in [0.4, 0.5) is 0 Å². The van der Waals surface area contributed by atoms with Crippen LogP contribution in [0.25, 0.3) is 0 Å². The molecule has 1 atom stereocenters. The van der Waals surface area contributed by atoms with E-state index in [1.807, 2.05) is 30.3 Å². The van der Waals surface area contributed by atoms with Crippen LogP contribution >= 0.6 is 0 Å². The molecule has 0 aromatic heterocycles. The number of benzene rings is 1. The van der Waals surface area contributed by atoms with Crippen LogP contribution in [-0.4, -0.2) is 30.3 Å². The predicted molar refractivity (Wildman–Crippen MR) is 60.8 cm³/mol. The van der Waals surface area contributed by atoms with Crippen molar-refractivity contribution in [1.29, 1.82) is 0 Å². The third-order valence-corrected chi connectivity index (χ3v) is 2.19. The molecule has 0 heterocycles. The van der Waals surface area contributed by atoms with E-state index in [0.717, 1.165) is 12.8 Å². The number of hydrogen-bond donors (Lipinski definition) is 2. The van der Waals surface area contributed by atoms with Gasteiger partial charge in [-0.3, -0.25) is 0 Å². The first-order valence-corrected chi connectivity index (χ1v) is 5.32. The average Bonchev–Trinajstić information content (AvgIpc) is 2.34. The molecule has 0 bridgehead atoms. The highest BCUT2D eigenvalue weighted by Crippen LogP contribution is 2.02. The topological polar surface area (TPSA) is 72.5 Å². The van der Waals surface area contributed by atoms with Crippen LogP contribution in [0.1, 0.15) is 12.0 Å². The van der Waals surface area contributed by atoms with Crippen molar-refractivity contribution in [2.45, 2.75) is 18.9 Å². The quantitative estimate of drug-likeness (QED) is 0.543. The molecule has 88 valence electrons. The second-order valence-electron chi connectivity index (χ2n) is 3.51. The molecular weight excluding hydrogens is 206 g/mol. The first-order valence-electron chi connectivity index (χ1n) is 5.32. The normalized spacial score (nSPS) is 12.1. The SMILES string of the molecule is NCC(O)C(=O)OCCCc1ccccc1. The van der Waals surface area contributed by atoms with Gasteiger partial charge in [0, 0.05) is 6.54 Å². The minimum absolute atomic E-state index is 0.0997. The summed E-state index contributed by atoms with van der Waals surface area (Å²) in [6.45, 7) is 0.211. The lowest BCUT2D eigenvalue weighted by molar-refractivity contribution is -0.153. The fraction of sp³-hybridized carbons (Fsp3) is 0.417. The van der Waals surface area contributed by atoms with E-state index < -0.39 is 12.1 Å². The summed E-state index contributed by atoms with van der Waals surface area (Å²) in [5.41, 5.74) is 6.32. The van der Waals surface area contributed by atoms with Crippen molar-refractivity contribution >= 4 is 5.97 Å². The van der Waals surface area contributed by atoms with Crippen LogP contribution < -0.4 is 5.73 Å². The standard InChI is InChI=1S/C12H17NO3/c13-9-11(14)12(15)16-8-4-7-10-5-2-1-3-6-10/h1-3,5-6,11,14H,4,7-9,13H2. The number of carbonyl (C=O) groups is 1. The molecule has 0 aliphatic carbocycles. The van der Waals surface area contributed by atoms with Gasteiger partial charge in [0.05, 0.1) is 6.61 Å². The fourth-order valence-corrected chi connectivity index (χ4v) is 1.29. The molecule has 0 saturated heterocycles. The molecule has 0 spiro atoms. The van der Waals surface area contributed by atoms with Gasteiger partial charge in [0.1, 0.15) is 0 Å². The molecule has 0 aliphatic heterocycles. The predicted octanol–water partition coefficient (Wildman–Crippen LogP) is 0.482. The Bertz CT molecular complexity index is 313. The molecular formula is C12H17NO3. The third-order valence-electron chi connectivity index (χ3n) is 2.19. The lowest BCUT2D eigenvalue weighted by atomic mass is 10.1. The Hall–Kier alpha value is -1.39. The Morgan fingerprint density at radius 3 is 2.69 bits per heavy atom. The van der Waals surface area contributed by atoms with Crippen molar-refractivity contribution < 1.29 is 14.6 Å². The van der Waals surface area contributed by atoms with E-state index in [2.05, 4.69) is 0 Å². The zero-order valence-corrected chi connectivity index (χ0v) is 9.13. The molecule has 0 saturated carbocycles. The minimum Gasteiger partial charge on any atom is -0.464 e. The number of nitrogens with two attached hydrogens (primary N) is 1. The molecule has 1 rings (SSSR count). The van der Waals surface area contributed by atoms with Crippen molar-refractivity contribution in [2.75, 3.05) is 13.2 Å². The summed E-state index contributed by atoms with van der Waals surface area (Å²) in [5.74, 6) is -0.643. The number of aliphatic hydroxyl groups is 1. The fourth-order valence-electron chi connectivity index (χ4n) is 1.29. The molecule has 0 aliphatic rings. The minimum atomic E-state index is -1.20. The van der Waals surface area contributed by atoms with E-state index in [0.29, 0.717) is 6.61 Å². The highest BCUT2D eigenvalue weighted by Gasteiger charge is 2.13. The monoisotopic (exact) mass is 223 g/mol. The summed E-state index contributed by atoms with van der Waals surface area (Å²) in [5, 5.41) is 9.04. The molecule has 16 heavy (non-hydrogen) atoms. The average molecular weight is 223 g/mol. The molecule has 4 nitrogen and oxygen atoms in total. The van der Waals surface area contributed by atoms with Crippen molar-refractivity contribution in [2.24, 2.45) is 5.73 Å². The van der Waals surface area contributed by atoms with Crippen LogP contribution in [0.2, 0.25) is 0 Å². The molecule has 0 amide bonds. The second kappa shape index (κ2) is 6.98. The van der Waals surface area contributed by atoms with Gasteiger partial charge in [0.25, 0.3) is 0 Å². The summed E-state index contributed by atoms with van der Waals surface area (Å²) >= 11 is 0. The van der Waals surface area contributed by atoms with Crippen molar-refractivity contribution in [3.63, 3.8) is 0 Å². The van der Waals surface area contributed by atoms with Gasteiger partial charge in [-0.1, -0.05) is 30.3 Å². The van der Waals surface area contributed by atoms with Crippen LogP contribution in [0.3, 0.4) is 0 Å². The van der Waals surface area contributed by atoms with E-state index in [4.69, 9.17) is 15.6 Å². The number of rotatable bonds is 6. The van der Waals surface area contributed by atoms with Crippen LogP contribution in [-0.2, 0) is 16.0 Å². The molecule has 1 aromatic rings. The van der Waals surface area contributed by atoms with Gasteiger partial charge in [0.2, 0.25) is 0 Å². The third kappa shape index (κ3) is 4.42. The number of hydrogen-bond acceptors (Lipinski definition) is 4. The Morgan fingerprint density at radius 2 is 2.06 bits per heavy atom. The molecule has 0 fully saturated rings. The van der Waals surface area contributed by atoms with E-state index in [1.54, 1.807) is 0 Å². The van der Waals surface area contributed by atoms with Crippen molar-refractivity contribution in [3.8, 4) is 0 Å². The maximum Gasteiger partial charge on any atom is 0.336 e. The van der Waals surface area contributed by atoms with Crippen LogP contribution in [0.5, 0.6) is 0 Å². The molecule has 3 N–H and O–H groups in total. The number of esters is 1. The summed E-state index contributed by atoms with van der Waals surface area (Å²) in [7, 11) is 0. The molecule has 1 aromatic carbocycles. The maximum absolute atomic E-state index is 11.0. The van der Waals surface area contributed by atoms with E-state index >= 15 is 0 Å². The van der Waals surface area contributed by atoms with Crippen molar-refractivity contribution in [3.05, 3.63) is 35.9 Å². The second-order valence-corrected chi connectivity index (χ2v) is 3.51. The Kier molecular flexibility index (Phi) is 5.53. The van der Waals surface area contributed by atoms with Gasteiger partial charge in [0.15, 0.2) is 6.10 Å². The zero-order chi connectivity index (χ0) is 11.8. The zero-order valence-electron chi connectivity index (χ0n) is 9.13. The summed E-state index contributed by atoms with van der Waals surface area (Å²) in [4.78, 5) is 11.0. The van der Waals surface area contributed by atoms with Crippen LogP contribution in [0, 0.1) is 0 Å². The lowest BCUT2D eigenvalue weighted by Gasteiger charge is -2.08. The number of ether oxygens (including phenoxy) is 1. The summed E-state index contributed by atoms with van der Waals surface area (Å²) in [6, 6.07) is 9.95. The highest BCUT2D eigenvalue weighted by molar-refractivity contribution is 5.74. The number of aryl methyl sites for hydroxylation is 1. The Labute approximate surface area is 95.0 Å². The number of aliphatic hydroxyl groups excluding tert-OH is 1. The first kappa shape index (κ1) is 12.7. The summed E-state index contributed by atoms with van der Waals surface area (Å²) < 4.78 is 4.85. The van der Waals surface area contributed by atoms with Gasteiger partial charge in [-0.25, -0.2) is 4.79 Å². The summed E-state index contributed by atoms with van der Waals surface area (Å²) in [6.07, 6.45) is 0.400. The molecule has 1 unspecified atom stereocenters. The number of carbonyl (C=O) groups excluding carboxylic acids is 1. The Morgan fingerprint density at radius 1 is 1.38 bits per heavy atom. The molecule has 4 heteroatoms. The highest BCUT2D eigenvalue weighted by atomic mass is 16.5. The largest absolute Gasteiger partial charge is 0.464 e. The smallest absolute Gasteiger partial charge is 0.336 e. The lowest BCUT2D eigenvalue weighted by Crippen LogP contribution is -2.31. The van der Waals surface area contributed by atoms with Gasteiger partial charge < -0.3 is 15.6 Å². The Balaban J connectivity index is 2.15. The van der Waals surface area contributed by atoms with E-state index in [1.165, 1.54) is 5.56 Å². The van der Waals surface area contributed by atoms with Gasteiger partial charge in [-0.05, 0) is 18.4 Å². The first-order chi connectivity index (χ1) is 7.74. The van der Waals surface area contributed by atoms with Gasteiger partial charge in [-0.2, -0.15) is 0 Å². The van der Waals surface area contributed by atoms with E-state index in [-0.39, 0.29) is 6.54 Å². The van der Waals surface area contributed by atoms with Gasteiger partial charge in [-0.15, -0.1) is 0 Å².